The monoisotopic (exact) mass is 253 g/mol. The normalized spacial score (nSPS) is 15.3. The Labute approximate surface area is 108 Å². The van der Waals surface area contributed by atoms with E-state index in [0.717, 1.165) is 23.6 Å². The van der Waals surface area contributed by atoms with E-state index in [0.29, 0.717) is 12.5 Å². The van der Waals surface area contributed by atoms with Gasteiger partial charge in [-0.1, -0.05) is 0 Å². The van der Waals surface area contributed by atoms with E-state index >= 15 is 0 Å². The van der Waals surface area contributed by atoms with Gasteiger partial charge < -0.3 is 20.2 Å². The standard InChI is InChI=1S/C13H23N3O2/c1-6-15-12(14-5)16-8-13(4,17)11-7-9(2)18-10(11)3/h7,17H,6,8H2,1-5H3,(H2,14,15,16). The minimum atomic E-state index is -0.993. The third-order valence-corrected chi connectivity index (χ3v) is 2.79. The lowest BCUT2D eigenvalue weighted by molar-refractivity contribution is 0.0602. The number of aryl methyl sites for hydroxylation is 2. The van der Waals surface area contributed by atoms with Crippen molar-refractivity contribution in [2.45, 2.75) is 33.3 Å². The van der Waals surface area contributed by atoms with E-state index in [4.69, 9.17) is 4.42 Å². The molecule has 0 amide bonds. The van der Waals surface area contributed by atoms with Crippen molar-refractivity contribution < 1.29 is 9.52 Å². The van der Waals surface area contributed by atoms with Crippen LogP contribution < -0.4 is 10.6 Å². The predicted octanol–water partition coefficient (Wildman–Crippen LogP) is 1.29. The first-order valence-electron chi connectivity index (χ1n) is 6.15. The third-order valence-electron chi connectivity index (χ3n) is 2.79. The Bertz CT molecular complexity index is 422. The van der Waals surface area contributed by atoms with Crippen LogP contribution in [0.15, 0.2) is 15.5 Å². The average Bonchev–Trinajstić information content (AvgIpc) is 2.64. The van der Waals surface area contributed by atoms with Crippen LogP contribution in [0.3, 0.4) is 0 Å². The van der Waals surface area contributed by atoms with Crippen molar-refractivity contribution >= 4 is 5.96 Å². The predicted molar refractivity (Wildman–Crippen MR) is 72.8 cm³/mol. The van der Waals surface area contributed by atoms with E-state index < -0.39 is 5.60 Å². The summed E-state index contributed by atoms with van der Waals surface area (Å²) in [5.74, 6) is 2.23. The molecule has 0 aliphatic carbocycles. The fourth-order valence-corrected chi connectivity index (χ4v) is 1.90. The Morgan fingerprint density at radius 2 is 2.11 bits per heavy atom. The zero-order chi connectivity index (χ0) is 13.8. The Hall–Kier alpha value is -1.49. The first-order valence-corrected chi connectivity index (χ1v) is 6.15. The Balaban J connectivity index is 2.73. The van der Waals surface area contributed by atoms with Crippen molar-refractivity contribution in [3.63, 3.8) is 0 Å². The molecule has 3 N–H and O–H groups in total. The number of nitrogens with zero attached hydrogens (tertiary/aromatic N) is 1. The summed E-state index contributed by atoms with van der Waals surface area (Å²) < 4.78 is 5.45. The van der Waals surface area contributed by atoms with Gasteiger partial charge in [-0.25, -0.2) is 0 Å². The van der Waals surface area contributed by atoms with E-state index in [2.05, 4.69) is 15.6 Å². The quantitative estimate of drug-likeness (QED) is 0.558. The van der Waals surface area contributed by atoms with Gasteiger partial charge in [0.1, 0.15) is 17.1 Å². The lowest BCUT2D eigenvalue weighted by Crippen LogP contribution is -2.44. The minimum absolute atomic E-state index is 0.368. The van der Waals surface area contributed by atoms with Gasteiger partial charge >= 0.3 is 0 Å². The second-order valence-corrected chi connectivity index (χ2v) is 4.56. The fourth-order valence-electron chi connectivity index (χ4n) is 1.90. The molecule has 1 atom stereocenters. The molecule has 1 unspecified atom stereocenters. The van der Waals surface area contributed by atoms with Crippen LogP contribution >= 0.6 is 0 Å². The van der Waals surface area contributed by atoms with E-state index in [1.165, 1.54) is 0 Å². The molecule has 0 aliphatic heterocycles. The van der Waals surface area contributed by atoms with E-state index in [1.54, 1.807) is 14.0 Å². The maximum atomic E-state index is 10.5. The lowest BCUT2D eigenvalue weighted by atomic mass is 9.96. The molecule has 18 heavy (non-hydrogen) atoms. The number of guanidine groups is 1. The summed E-state index contributed by atoms with van der Waals surface area (Å²) in [4.78, 5) is 4.06. The van der Waals surface area contributed by atoms with Crippen LogP contribution in [0.5, 0.6) is 0 Å². The highest BCUT2D eigenvalue weighted by Crippen LogP contribution is 2.26. The largest absolute Gasteiger partial charge is 0.466 e. The molecule has 1 aromatic rings. The summed E-state index contributed by atoms with van der Waals surface area (Å²) in [6, 6.07) is 1.87. The molecule has 5 nitrogen and oxygen atoms in total. The van der Waals surface area contributed by atoms with Crippen molar-refractivity contribution in [1.82, 2.24) is 10.6 Å². The molecule has 0 radical (unpaired) electrons. The number of nitrogens with one attached hydrogen (secondary N) is 2. The molecule has 0 saturated heterocycles. The maximum Gasteiger partial charge on any atom is 0.191 e. The number of furan rings is 1. The van der Waals surface area contributed by atoms with Crippen molar-refractivity contribution in [2.75, 3.05) is 20.1 Å². The number of aliphatic hydroxyl groups is 1. The van der Waals surface area contributed by atoms with Gasteiger partial charge in [0.05, 0.1) is 6.54 Å². The molecule has 0 saturated carbocycles. The van der Waals surface area contributed by atoms with Crippen LogP contribution in [-0.4, -0.2) is 31.2 Å². The second-order valence-electron chi connectivity index (χ2n) is 4.56. The average molecular weight is 253 g/mol. The van der Waals surface area contributed by atoms with Crippen molar-refractivity contribution in [1.29, 1.82) is 0 Å². The Morgan fingerprint density at radius 1 is 1.44 bits per heavy atom. The van der Waals surface area contributed by atoms with Gasteiger partial charge in [0.15, 0.2) is 5.96 Å². The molecule has 0 spiro atoms. The minimum Gasteiger partial charge on any atom is -0.466 e. The van der Waals surface area contributed by atoms with E-state index in [9.17, 15) is 5.11 Å². The summed E-state index contributed by atoms with van der Waals surface area (Å²) in [6.45, 7) is 8.64. The van der Waals surface area contributed by atoms with Crippen LogP contribution in [0.2, 0.25) is 0 Å². The molecule has 1 aromatic heterocycles. The molecule has 0 aliphatic rings. The summed E-state index contributed by atoms with van der Waals surface area (Å²) >= 11 is 0. The lowest BCUT2D eigenvalue weighted by Gasteiger charge is -2.24. The topological polar surface area (TPSA) is 69.8 Å². The van der Waals surface area contributed by atoms with Gasteiger partial charge in [-0.3, -0.25) is 4.99 Å². The van der Waals surface area contributed by atoms with Crippen LogP contribution in [0.25, 0.3) is 0 Å². The van der Waals surface area contributed by atoms with Gasteiger partial charge in [-0.15, -0.1) is 0 Å². The molecular weight excluding hydrogens is 230 g/mol. The number of hydrogen-bond acceptors (Lipinski definition) is 3. The van der Waals surface area contributed by atoms with Crippen molar-refractivity contribution in [3.8, 4) is 0 Å². The second kappa shape index (κ2) is 5.91. The van der Waals surface area contributed by atoms with Gasteiger partial charge in [-0.05, 0) is 33.8 Å². The highest BCUT2D eigenvalue weighted by Gasteiger charge is 2.27. The maximum absolute atomic E-state index is 10.5. The third kappa shape index (κ3) is 3.50. The molecule has 0 fully saturated rings. The van der Waals surface area contributed by atoms with Crippen LogP contribution in [0.4, 0.5) is 0 Å². The summed E-state index contributed by atoms with van der Waals surface area (Å²) in [5.41, 5.74) is -0.188. The number of hydrogen-bond donors (Lipinski definition) is 3. The number of aliphatic imine (C=N–C) groups is 1. The zero-order valence-corrected chi connectivity index (χ0v) is 11.8. The summed E-state index contributed by atoms with van der Waals surface area (Å²) in [5, 5.41) is 16.7. The summed E-state index contributed by atoms with van der Waals surface area (Å²) in [6.07, 6.45) is 0. The van der Waals surface area contributed by atoms with E-state index in [-0.39, 0.29) is 0 Å². The molecule has 1 rings (SSSR count). The van der Waals surface area contributed by atoms with Crippen LogP contribution in [-0.2, 0) is 5.60 Å². The Kier molecular flexibility index (Phi) is 4.78. The van der Waals surface area contributed by atoms with Crippen molar-refractivity contribution in [2.24, 2.45) is 4.99 Å². The molecule has 0 bridgehead atoms. The van der Waals surface area contributed by atoms with Gasteiger partial charge in [0.2, 0.25) is 0 Å². The van der Waals surface area contributed by atoms with E-state index in [1.807, 2.05) is 26.8 Å². The zero-order valence-electron chi connectivity index (χ0n) is 11.8. The highest BCUT2D eigenvalue weighted by molar-refractivity contribution is 5.79. The first kappa shape index (κ1) is 14.6. The summed E-state index contributed by atoms with van der Waals surface area (Å²) in [7, 11) is 1.70. The molecular formula is C13H23N3O2. The van der Waals surface area contributed by atoms with Gasteiger partial charge in [-0.2, -0.15) is 0 Å². The van der Waals surface area contributed by atoms with Crippen LogP contribution in [0, 0.1) is 13.8 Å². The molecule has 5 heteroatoms. The smallest absolute Gasteiger partial charge is 0.191 e. The highest BCUT2D eigenvalue weighted by atomic mass is 16.3. The fraction of sp³-hybridized carbons (Fsp3) is 0.615. The van der Waals surface area contributed by atoms with Gasteiger partial charge in [0.25, 0.3) is 0 Å². The van der Waals surface area contributed by atoms with Crippen LogP contribution in [0.1, 0.15) is 30.9 Å². The number of rotatable bonds is 4. The molecule has 0 aromatic carbocycles. The molecule has 102 valence electrons. The molecule has 1 heterocycles. The van der Waals surface area contributed by atoms with Gasteiger partial charge in [0, 0.05) is 19.2 Å². The first-order chi connectivity index (χ1) is 8.40. The van der Waals surface area contributed by atoms with Crippen molar-refractivity contribution in [3.05, 3.63) is 23.2 Å². The SMILES string of the molecule is CCNC(=NC)NCC(C)(O)c1cc(C)oc1C. The Morgan fingerprint density at radius 3 is 2.56 bits per heavy atom.